The minimum absolute atomic E-state index is 0.0246. The molecule has 3 nitrogen and oxygen atoms in total. The van der Waals surface area contributed by atoms with Crippen LogP contribution in [0.3, 0.4) is 0 Å². The summed E-state index contributed by atoms with van der Waals surface area (Å²) in [6.07, 6.45) is 0.836. The quantitative estimate of drug-likeness (QED) is 0.863. The van der Waals surface area contributed by atoms with Gasteiger partial charge in [0.2, 0.25) is 0 Å². The van der Waals surface area contributed by atoms with Gasteiger partial charge >= 0.3 is 5.97 Å². The van der Waals surface area contributed by atoms with Crippen molar-refractivity contribution < 1.29 is 9.90 Å². The second-order valence-corrected chi connectivity index (χ2v) is 4.39. The Kier molecular flexibility index (Phi) is 4.56. The maximum atomic E-state index is 11.0. The molecule has 19 heavy (non-hydrogen) atoms. The zero-order chi connectivity index (χ0) is 13.5. The first-order valence-corrected chi connectivity index (χ1v) is 6.31. The van der Waals surface area contributed by atoms with Crippen molar-refractivity contribution in [3.8, 4) is 0 Å². The lowest BCUT2D eigenvalue weighted by molar-refractivity contribution is -0.135. The third-order valence-electron chi connectivity index (χ3n) is 2.96. The summed E-state index contributed by atoms with van der Waals surface area (Å²) in [4.78, 5) is 12.8. The average Bonchev–Trinajstić information content (AvgIpc) is 2.45. The van der Waals surface area contributed by atoms with Gasteiger partial charge in [0.15, 0.2) is 0 Å². The van der Waals surface area contributed by atoms with Gasteiger partial charge in [-0.05, 0) is 24.1 Å². The van der Waals surface area contributed by atoms with Crippen LogP contribution in [0.15, 0.2) is 60.7 Å². The molecule has 0 aliphatic rings. The summed E-state index contributed by atoms with van der Waals surface area (Å²) < 4.78 is 0. The van der Waals surface area contributed by atoms with Crippen molar-refractivity contribution in [2.45, 2.75) is 6.42 Å². The molecule has 3 heteroatoms. The van der Waals surface area contributed by atoms with Crippen LogP contribution in [0.25, 0.3) is 0 Å². The third-order valence-corrected chi connectivity index (χ3v) is 2.96. The van der Waals surface area contributed by atoms with Crippen LogP contribution >= 0.6 is 0 Å². The zero-order valence-corrected chi connectivity index (χ0v) is 10.7. The number of hydrogen-bond donors (Lipinski definition) is 1. The molecule has 0 heterocycles. The van der Waals surface area contributed by atoms with Crippen molar-refractivity contribution in [2.75, 3.05) is 18.0 Å². The Morgan fingerprint density at radius 1 is 0.947 bits per heavy atom. The second-order valence-electron chi connectivity index (χ2n) is 4.39. The topological polar surface area (TPSA) is 40.5 Å². The highest BCUT2D eigenvalue weighted by molar-refractivity contribution is 5.73. The SMILES string of the molecule is O=C(O)CN(CCc1ccccc1)c1ccccc1. The van der Waals surface area contributed by atoms with Crippen LogP contribution < -0.4 is 4.90 Å². The fraction of sp³-hybridized carbons (Fsp3) is 0.188. The molecule has 0 aliphatic carbocycles. The first kappa shape index (κ1) is 13.1. The maximum absolute atomic E-state index is 11.0. The summed E-state index contributed by atoms with van der Waals surface area (Å²) in [6.45, 7) is 0.719. The molecular formula is C16H17NO2. The molecule has 98 valence electrons. The van der Waals surface area contributed by atoms with Crippen molar-refractivity contribution in [1.82, 2.24) is 0 Å². The first-order chi connectivity index (χ1) is 9.25. The molecule has 0 atom stereocenters. The Morgan fingerprint density at radius 3 is 2.11 bits per heavy atom. The van der Waals surface area contributed by atoms with Crippen LogP contribution in [-0.4, -0.2) is 24.2 Å². The van der Waals surface area contributed by atoms with Crippen LogP contribution in [0, 0.1) is 0 Å². The molecule has 2 rings (SSSR count). The van der Waals surface area contributed by atoms with E-state index in [0.717, 1.165) is 12.1 Å². The number of aliphatic carboxylic acids is 1. The molecule has 2 aromatic rings. The number of carboxylic acids is 1. The largest absolute Gasteiger partial charge is 0.480 e. The summed E-state index contributed by atoms with van der Waals surface area (Å²) in [6, 6.07) is 19.8. The molecule has 0 saturated heterocycles. The summed E-state index contributed by atoms with van der Waals surface area (Å²) in [5.74, 6) is -0.808. The van der Waals surface area contributed by atoms with Gasteiger partial charge in [-0.3, -0.25) is 4.79 Å². The number of para-hydroxylation sites is 1. The van der Waals surface area contributed by atoms with E-state index in [9.17, 15) is 4.79 Å². The summed E-state index contributed by atoms with van der Waals surface area (Å²) in [5, 5.41) is 9.00. The lowest BCUT2D eigenvalue weighted by Crippen LogP contribution is -2.31. The Bertz CT molecular complexity index is 511. The van der Waals surface area contributed by atoms with Gasteiger partial charge in [0.05, 0.1) is 0 Å². The van der Waals surface area contributed by atoms with Gasteiger partial charge in [-0.2, -0.15) is 0 Å². The van der Waals surface area contributed by atoms with E-state index in [-0.39, 0.29) is 6.54 Å². The molecule has 0 bridgehead atoms. The zero-order valence-electron chi connectivity index (χ0n) is 10.7. The van der Waals surface area contributed by atoms with Gasteiger partial charge in [0.25, 0.3) is 0 Å². The summed E-state index contributed by atoms with van der Waals surface area (Å²) in [5.41, 5.74) is 2.16. The van der Waals surface area contributed by atoms with E-state index >= 15 is 0 Å². The van der Waals surface area contributed by atoms with Gasteiger partial charge in [-0.25, -0.2) is 0 Å². The fourth-order valence-corrected chi connectivity index (χ4v) is 2.01. The first-order valence-electron chi connectivity index (χ1n) is 6.31. The van der Waals surface area contributed by atoms with E-state index in [1.54, 1.807) is 0 Å². The Morgan fingerprint density at radius 2 is 1.53 bits per heavy atom. The van der Waals surface area contributed by atoms with Crippen molar-refractivity contribution in [2.24, 2.45) is 0 Å². The predicted octanol–water partition coefficient (Wildman–Crippen LogP) is 2.82. The van der Waals surface area contributed by atoms with Gasteiger partial charge in [0, 0.05) is 12.2 Å². The second kappa shape index (κ2) is 6.59. The molecule has 0 amide bonds. The molecule has 0 radical (unpaired) electrons. The number of carboxylic acid groups (broad SMARTS) is 1. The number of nitrogens with zero attached hydrogens (tertiary/aromatic N) is 1. The Labute approximate surface area is 113 Å². The van der Waals surface area contributed by atoms with E-state index < -0.39 is 5.97 Å². The number of benzene rings is 2. The summed E-state index contributed by atoms with van der Waals surface area (Å²) in [7, 11) is 0. The van der Waals surface area contributed by atoms with Crippen LogP contribution in [0.5, 0.6) is 0 Å². The number of anilines is 1. The van der Waals surface area contributed by atoms with E-state index in [4.69, 9.17) is 5.11 Å². The molecule has 0 spiro atoms. The number of hydrogen-bond acceptors (Lipinski definition) is 2. The monoisotopic (exact) mass is 255 g/mol. The molecule has 0 saturated carbocycles. The van der Waals surface area contributed by atoms with Gasteiger partial charge in [0.1, 0.15) is 6.54 Å². The van der Waals surface area contributed by atoms with Crippen molar-refractivity contribution in [1.29, 1.82) is 0 Å². The van der Waals surface area contributed by atoms with Gasteiger partial charge in [-0.1, -0.05) is 48.5 Å². The molecule has 0 aliphatic heterocycles. The van der Waals surface area contributed by atoms with Gasteiger partial charge in [-0.15, -0.1) is 0 Å². The third kappa shape index (κ3) is 4.14. The molecule has 0 aromatic heterocycles. The van der Waals surface area contributed by atoms with E-state index in [1.165, 1.54) is 5.56 Å². The molecule has 2 aromatic carbocycles. The highest BCUT2D eigenvalue weighted by atomic mass is 16.4. The molecule has 0 fully saturated rings. The van der Waals surface area contributed by atoms with Crippen LogP contribution in [0.4, 0.5) is 5.69 Å². The van der Waals surface area contributed by atoms with Crippen molar-refractivity contribution in [3.05, 3.63) is 66.2 Å². The van der Waals surface area contributed by atoms with Gasteiger partial charge < -0.3 is 10.0 Å². The molecular weight excluding hydrogens is 238 g/mol. The van der Waals surface area contributed by atoms with E-state index in [1.807, 2.05) is 53.4 Å². The molecule has 1 N–H and O–H groups in total. The highest BCUT2D eigenvalue weighted by Crippen LogP contribution is 2.13. The normalized spacial score (nSPS) is 10.1. The van der Waals surface area contributed by atoms with Crippen molar-refractivity contribution in [3.63, 3.8) is 0 Å². The number of carbonyl (C=O) groups is 1. The average molecular weight is 255 g/mol. The predicted molar refractivity (Wildman–Crippen MR) is 76.4 cm³/mol. The summed E-state index contributed by atoms with van der Waals surface area (Å²) >= 11 is 0. The van der Waals surface area contributed by atoms with Crippen molar-refractivity contribution >= 4 is 11.7 Å². The minimum atomic E-state index is -0.808. The maximum Gasteiger partial charge on any atom is 0.323 e. The fourth-order valence-electron chi connectivity index (χ4n) is 2.01. The smallest absolute Gasteiger partial charge is 0.323 e. The molecule has 0 unspecified atom stereocenters. The lowest BCUT2D eigenvalue weighted by Gasteiger charge is -2.22. The van der Waals surface area contributed by atoms with Crippen LogP contribution in [0.1, 0.15) is 5.56 Å². The minimum Gasteiger partial charge on any atom is -0.480 e. The van der Waals surface area contributed by atoms with Crippen LogP contribution in [-0.2, 0) is 11.2 Å². The van der Waals surface area contributed by atoms with Crippen LogP contribution in [0.2, 0.25) is 0 Å². The Hall–Kier alpha value is -2.29. The number of rotatable bonds is 6. The van der Waals surface area contributed by atoms with E-state index in [0.29, 0.717) is 6.54 Å². The standard InChI is InChI=1S/C16H17NO2/c18-16(19)13-17(15-9-5-2-6-10-15)12-11-14-7-3-1-4-8-14/h1-10H,11-13H2,(H,18,19). The Balaban J connectivity index is 2.04. The van der Waals surface area contributed by atoms with E-state index in [2.05, 4.69) is 12.1 Å². The highest BCUT2D eigenvalue weighted by Gasteiger charge is 2.10. The lowest BCUT2D eigenvalue weighted by atomic mass is 10.1.